The first kappa shape index (κ1) is 18.8. The number of piperazine rings is 1. The highest BCUT2D eigenvalue weighted by Gasteiger charge is 2.25. The van der Waals surface area contributed by atoms with Crippen LogP contribution in [0.4, 0.5) is 4.39 Å². The first-order valence-corrected chi connectivity index (χ1v) is 8.66. The van der Waals surface area contributed by atoms with Crippen molar-refractivity contribution in [2.24, 2.45) is 0 Å². The van der Waals surface area contributed by atoms with Crippen LogP contribution in [-0.4, -0.2) is 67.7 Å². The van der Waals surface area contributed by atoms with Gasteiger partial charge in [-0.3, -0.25) is 14.6 Å². The Morgan fingerprint density at radius 3 is 2.54 bits per heavy atom. The minimum absolute atomic E-state index is 0.0158. The van der Waals surface area contributed by atoms with Crippen LogP contribution in [0.1, 0.15) is 19.4 Å². The van der Waals surface area contributed by atoms with Crippen molar-refractivity contribution in [3.8, 4) is 0 Å². The molecule has 0 radical (unpaired) electrons. The molecule has 1 aliphatic rings. The van der Waals surface area contributed by atoms with Gasteiger partial charge >= 0.3 is 0 Å². The average Bonchev–Trinajstić information content (AvgIpc) is 2.61. The predicted octanol–water partition coefficient (Wildman–Crippen LogP) is 1.48. The number of halogens is 1. The van der Waals surface area contributed by atoms with Crippen LogP contribution in [0.5, 0.6) is 0 Å². The molecule has 1 amide bonds. The lowest BCUT2D eigenvalue weighted by atomic mass is 10.2. The highest BCUT2D eigenvalue weighted by atomic mass is 19.1. The summed E-state index contributed by atoms with van der Waals surface area (Å²) in [4.78, 5) is 16.9. The number of carbonyl (C=O) groups is 1. The molecule has 6 heteroatoms. The van der Waals surface area contributed by atoms with Crippen molar-refractivity contribution in [1.82, 2.24) is 15.1 Å². The van der Waals surface area contributed by atoms with Gasteiger partial charge in [-0.2, -0.15) is 0 Å². The molecule has 24 heavy (non-hydrogen) atoms. The van der Waals surface area contributed by atoms with Crippen LogP contribution in [0.3, 0.4) is 0 Å². The van der Waals surface area contributed by atoms with Gasteiger partial charge in [0.2, 0.25) is 5.91 Å². The van der Waals surface area contributed by atoms with E-state index in [4.69, 9.17) is 4.74 Å². The fourth-order valence-corrected chi connectivity index (χ4v) is 2.82. The molecule has 1 heterocycles. The summed E-state index contributed by atoms with van der Waals surface area (Å²) in [6.45, 7) is 10.5. The predicted molar refractivity (Wildman–Crippen MR) is 92.2 cm³/mol. The summed E-state index contributed by atoms with van der Waals surface area (Å²) < 4.78 is 18.3. The third kappa shape index (κ3) is 5.85. The van der Waals surface area contributed by atoms with Gasteiger partial charge in [-0.25, -0.2) is 4.39 Å². The number of rotatable bonds is 8. The van der Waals surface area contributed by atoms with E-state index in [-0.39, 0.29) is 17.8 Å². The zero-order valence-corrected chi connectivity index (χ0v) is 14.6. The maximum absolute atomic E-state index is 12.9. The Labute approximate surface area is 143 Å². The monoisotopic (exact) mass is 337 g/mol. The standard InChI is InChI=1S/C18H28FN3O2/c1-3-24-13-12-21-8-10-22(11-9-21)15(2)18(23)20-14-16-4-6-17(19)7-5-16/h4-7,15H,3,8-14H2,1-2H3,(H,20,23)/t15-/m1/s1. The maximum Gasteiger partial charge on any atom is 0.237 e. The highest BCUT2D eigenvalue weighted by molar-refractivity contribution is 5.81. The van der Waals surface area contributed by atoms with Crippen molar-refractivity contribution in [3.05, 3.63) is 35.6 Å². The summed E-state index contributed by atoms with van der Waals surface area (Å²) in [6, 6.07) is 6.05. The minimum atomic E-state index is -0.263. The molecule has 2 rings (SSSR count). The molecule has 1 saturated heterocycles. The van der Waals surface area contributed by atoms with Crippen molar-refractivity contribution < 1.29 is 13.9 Å². The molecule has 1 aliphatic heterocycles. The molecule has 0 aromatic heterocycles. The Morgan fingerprint density at radius 1 is 1.25 bits per heavy atom. The van der Waals surface area contributed by atoms with E-state index in [1.165, 1.54) is 12.1 Å². The van der Waals surface area contributed by atoms with Crippen molar-refractivity contribution in [2.75, 3.05) is 45.9 Å². The molecule has 0 saturated carbocycles. The van der Waals surface area contributed by atoms with E-state index in [9.17, 15) is 9.18 Å². The largest absolute Gasteiger partial charge is 0.380 e. The first-order chi connectivity index (χ1) is 11.6. The molecule has 0 unspecified atom stereocenters. The van der Waals surface area contributed by atoms with Crippen molar-refractivity contribution in [3.63, 3.8) is 0 Å². The molecule has 1 atom stereocenters. The Bertz CT molecular complexity index is 501. The molecular weight excluding hydrogens is 309 g/mol. The molecule has 5 nitrogen and oxygen atoms in total. The molecule has 1 fully saturated rings. The number of benzene rings is 1. The second-order valence-electron chi connectivity index (χ2n) is 6.09. The molecule has 0 aliphatic carbocycles. The van der Waals surface area contributed by atoms with Crippen LogP contribution < -0.4 is 5.32 Å². The zero-order valence-electron chi connectivity index (χ0n) is 14.6. The van der Waals surface area contributed by atoms with Gasteiger partial charge in [-0.05, 0) is 31.5 Å². The number of amides is 1. The summed E-state index contributed by atoms with van der Waals surface area (Å²) in [6.07, 6.45) is 0. The molecular formula is C18H28FN3O2. The van der Waals surface area contributed by atoms with E-state index in [1.54, 1.807) is 12.1 Å². The van der Waals surface area contributed by atoms with Gasteiger partial charge in [-0.15, -0.1) is 0 Å². The summed E-state index contributed by atoms with van der Waals surface area (Å²) >= 11 is 0. The van der Waals surface area contributed by atoms with Crippen molar-refractivity contribution in [1.29, 1.82) is 0 Å². The van der Waals surface area contributed by atoms with Crippen LogP contribution in [0.2, 0.25) is 0 Å². The van der Waals surface area contributed by atoms with Crippen LogP contribution in [0.25, 0.3) is 0 Å². The highest BCUT2D eigenvalue weighted by Crippen LogP contribution is 2.07. The van der Waals surface area contributed by atoms with E-state index in [1.807, 2.05) is 13.8 Å². The van der Waals surface area contributed by atoms with Crippen LogP contribution >= 0.6 is 0 Å². The topological polar surface area (TPSA) is 44.8 Å². The lowest BCUT2D eigenvalue weighted by Crippen LogP contribution is -2.54. The van der Waals surface area contributed by atoms with Gasteiger partial charge in [0.05, 0.1) is 12.6 Å². The normalized spacial score (nSPS) is 17.6. The summed E-state index contributed by atoms with van der Waals surface area (Å²) in [7, 11) is 0. The van der Waals surface area contributed by atoms with Crippen LogP contribution in [0.15, 0.2) is 24.3 Å². The Morgan fingerprint density at radius 2 is 1.92 bits per heavy atom. The number of ether oxygens (including phenoxy) is 1. The Hall–Kier alpha value is -1.50. The smallest absolute Gasteiger partial charge is 0.237 e. The first-order valence-electron chi connectivity index (χ1n) is 8.66. The van der Waals surface area contributed by atoms with Crippen LogP contribution in [0, 0.1) is 5.82 Å². The fraction of sp³-hybridized carbons (Fsp3) is 0.611. The number of carbonyl (C=O) groups excluding carboxylic acids is 1. The van der Waals surface area contributed by atoms with Gasteiger partial charge in [0.1, 0.15) is 5.82 Å². The third-order valence-corrected chi connectivity index (χ3v) is 4.47. The zero-order chi connectivity index (χ0) is 17.4. The summed E-state index contributed by atoms with van der Waals surface area (Å²) in [5, 5.41) is 2.93. The SMILES string of the molecule is CCOCCN1CCN([C@H](C)C(=O)NCc2ccc(F)cc2)CC1. The molecule has 134 valence electrons. The van der Waals surface area contributed by atoms with E-state index in [0.29, 0.717) is 6.54 Å². The number of hydrogen-bond donors (Lipinski definition) is 1. The van der Waals surface area contributed by atoms with Gasteiger partial charge in [-0.1, -0.05) is 12.1 Å². The Balaban J connectivity index is 1.70. The van der Waals surface area contributed by atoms with Gasteiger partial charge in [0.15, 0.2) is 0 Å². The van der Waals surface area contributed by atoms with E-state index in [2.05, 4.69) is 15.1 Å². The molecule has 1 aromatic carbocycles. The van der Waals surface area contributed by atoms with Crippen molar-refractivity contribution in [2.45, 2.75) is 26.4 Å². The van der Waals surface area contributed by atoms with E-state index >= 15 is 0 Å². The van der Waals surface area contributed by atoms with Crippen molar-refractivity contribution >= 4 is 5.91 Å². The number of nitrogens with zero attached hydrogens (tertiary/aromatic N) is 2. The third-order valence-electron chi connectivity index (χ3n) is 4.47. The lowest BCUT2D eigenvalue weighted by molar-refractivity contribution is -0.126. The quantitative estimate of drug-likeness (QED) is 0.730. The van der Waals surface area contributed by atoms with Crippen LogP contribution in [-0.2, 0) is 16.1 Å². The second-order valence-corrected chi connectivity index (χ2v) is 6.09. The minimum Gasteiger partial charge on any atom is -0.380 e. The second kappa shape index (κ2) is 9.71. The fourth-order valence-electron chi connectivity index (χ4n) is 2.82. The average molecular weight is 337 g/mol. The summed E-state index contributed by atoms with van der Waals surface area (Å²) in [5.41, 5.74) is 0.901. The van der Waals surface area contributed by atoms with Gasteiger partial charge < -0.3 is 10.1 Å². The molecule has 0 spiro atoms. The van der Waals surface area contributed by atoms with E-state index in [0.717, 1.165) is 51.5 Å². The molecule has 0 bridgehead atoms. The molecule has 1 N–H and O–H groups in total. The number of nitrogens with one attached hydrogen (secondary N) is 1. The Kier molecular flexibility index (Phi) is 7.62. The summed E-state index contributed by atoms with van der Waals surface area (Å²) in [5.74, 6) is -0.247. The number of hydrogen-bond acceptors (Lipinski definition) is 4. The maximum atomic E-state index is 12.9. The van der Waals surface area contributed by atoms with E-state index < -0.39 is 0 Å². The molecule has 1 aromatic rings. The van der Waals surface area contributed by atoms with Gasteiger partial charge in [0, 0.05) is 45.9 Å². The van der Waals surface area contributed by atoms with Gasteiger partial charge in [0.25, 0.3) is 0 Å². The lowest BCUT2D eigenvalue weighted by Gasteiger charge is -2.37.